The van der Waals surface area contributed by atoms with Crippen LogP contribution in [-0.4, -0.2) is 37.8 Å². The molecule has 0 bridgehead atoms. The van der Waals surface area contributed by atoms with E-state index in [0.29, 0.717) is 19.8 Å². The van der Waals surface area contributed by atoms with E-state index in [1.165, 1.54) is 0 Å². The van der Waals surface area contributed by atoms with Gasteiger partial charge in [0.2, 0.25) is 5.91 Å². The second kappa shape index (κ2) is 7.76. The second-order valence-electron chi connectivity index (χ2n) is 3.59. The maximum absolute atomic E-state index is 11.4. The number of hydrogen-bond acceptors (Lipinski definition) is 4. The van der Waals surface area contributed by atoms with Crippen molar-refractivity contribution in [2.45, 2.75) is 13.5 Å². The normalized spacial score (nSPS) is 10.2. The molecule has 1 aromatic heterocycles. The summed E-state index contributed by atoms with van der Waals surface area (Å²) in [5.74, 6) is -0.149. The molecule has 0 aliphatic carbocycles. The summed E-state index contributed by atoms with van der Waals surface area (Å²) in [5.41, 5.74) is 1.78. The fraction of sp³-hybridized carbons (Fsp3) is 0.500. The number of nitrogens with one attached hydrogen (secondary N) is 1. The summed E-state index contributed by atoms with van der Waals surface area (Å²) >= 11 is 0. The summed E-state index contributed by atoms with van der Waals surface area (Å²) in [7, 11) is 1.59. The van der Waals surface area contributed by atoms with E-state index in [0.717, 1.165) is 11.4 Å². The zero-order valence-electron chi connectivity index (χ0n) is 10.2. The number of methoxy groups -OCH3 is 1. The Morgan fingerprint density at radius 3 is 2.94 bits per heavy atom. The molecule has 0 fully saturated rings. The molecule has 1 N–H and O–H groups in total. The Hall–Kier alpha value is -1.46. The largest absolute Gasteiger partial charge is 0.382 e. The molecule has 5 nitrogen and oxygen atoms in total. The number of carbonyl (C=O) groups is 1. The van der Waals surface area contributed by atoms with Crippen LogP contribution in [0.25, 0.3) is 0 Å². The van der Waals surface area contributed by atoms with E-state index < -0.39 is 0 Å². The molecule has 0 saturated carbocycles. The minimum atomic E-state index is -0.149. The lowest BCUT2D eigenvalue weighted by atomic mass is 10.3. The standard InChI is InChI=1S/C12H18N2O3/c1-10-4-3-5-11(14-10)8-13-12(15)9-17-7-6-16-2/h3-5H,6-9H2,1-2H3,(H,13,15). The van der Waals surface area contributed by atoms with Crippen molar-refractivity contribution < 1.29 is 14.3 Å². The maximum atomic E-state index is 11.4. The molecule has 1 amide bonds. The number of rotatable bonds is 7. The minimum Gasteiger partial charge on any atom is -0.382 e. The van der Waals surface area contributed by atoms with E-state index in [-0.39, 0.29) is 12.5 Å². The molecule has 5 heteroatoms. The molecule has 0 aliphatic rings. The Labute approximate surface area is 101 Å². The van der Waals surface area contributed by atoms with Gasteiger partial charge in [0.05, 0.1) is 25.5 Å². The fourth-order valence-electron chi connectivity index (χ4n) is 1.25. The average Bonchev–Trinajstić information content (AvgIpc) is 2.32. The van der Waals surface area contributed by atoms with Gasteiger partial charge < -0.3 is 14.8 Å². The van der Waals surface area contributed by atoms with Gasteiger partial charge in [-0.05, 0) is 19.1 Å². The number of aromatic nitrogens is 1. The Kier molecular flexibility index (Phi) is 6.21. The number of nitrogens with zero attached hydrogens (tertiary/aromatic N) is 1. The van der Waals surface area contributed by atoms with Crippen LogP contribution >= 0.6 is 0 Å². The predicted molar refractivity (Wildman–Crippen MR) is 63.5 cm³/mol. The Morgan fingerprint density at radius 2 is 2.24 bits per heavy atom. The number of ether oxygens (including phenoxy) is 2. The van der Waals surface area contributed by atoms with Crippen LogP contribution in [0.15, 0.2) is 18.2 Å². The van der Waals surface area contributed by atoms with Gasteiger partial charge in [-0.25, -0.2) is 0 Å². The quantitative estimate of drug-likeness (QED) is 0.709. The molecule has 0 radical (unpaired) electrons. The number of amides is 1. The maximum Gasteiger partial charge on any atom is 0.246 e. The summed E-state index contributed by atoms with van der Waals surface area (Å²) in [6.45, 7) is 3.31. The highest BCUT2D eigenvalue weighted by Crippen LogP contribution is 1.97. The van der Waals surface area contributed by atoms with Gasteiger partial charge in [0.1, 0.15) is 6.61 Å². The molecular weight excluding hydrogens is 220 g/mol. The van der Waals surface area contributed by atoms with Crippen molar-refractivity contribution in [2.75, 3.05) is 26.9 Å². The predicted octanol–water partition coefficient (Wildman–Crippen LogP) is 0.669. The van der Waals surface area contributed by atoms with Crippen molar-refractivity contribution in [3.63, 3.8) is 0 Å². The smallest absolute Gasteiger partial charge is 0.246 e. The topological polar surface area (TPSA) is 60.5 Å². The second-order valence-corrected chi connectivity index (χ2v) is 3.59. The molecule has 0 aromatic carbocycles. The van der Waals surface area contributed by atoms with Gasteiger partial charge in [-0.1, -0.05) is 6.07 Å². The van der Waals surface area contributed by atoms with E-state index in [2.05, 4.69) is 10.3 Å². The van der Waals surface area contributed by atoms with E-state index in [9.17, 15) is 4.79 Å². The monoisotopic (exact) mass is 238 g/mol. The number of aryl methyl sites for hydroxylation is 1. The molecule has 1 aromatic rings. The van der Waals surface area contributed by atoms with Crippen LogP contribution in [0.2, 0.25) is 0 Å². The zero-order chi connectivity index (χ0) is 12.5. The van der Waals surface area contributed by atoms with Gasteiger partial charge in [-0.2, -0.15) is 0 Å². The first kappa shape index (κ1) is 13.6. The molecule has 0 spiro atoms. The fourth-order valence-corrected chi connectivity index (χ4v) is 1.25. The first-order valence-corrected chi connectivity index (χ1v) is 5.48. The first-order chi connectivity index (χ1) is 8.22. The van der Waals surface area contributed by atoms with Crippen LogP contribution in [0.4, 0.5) is 0 Å². The van der Waals surface area contributed by atoms with Gasteiger partial charge in [-0.15, -0.1) is 0 Å². The summed E-state index contributed by atoms with van der Waals surface area (Å²) in [6.07, 6.45) is 0. The van der Waals surface area contributed by atoms with Crippen LogP contribution in [0, 0.1) is 6.92 Å². The van der Waals surface area contributed by atoms with Crippen LogP contribution in [-0.2, 0) is 20.8 Å². The van der Waals surface area contributed by atoms with Gasteiger partial charge in [0, 0.05) is 12.8 Å². The van der Waals surface area contributed by atoms with Gasteiger partial charge in [0.15, 0.2) is 0 Å². The van der Waals surface area contributed by atoms with Crippen molar-refractivity contribution >= 4 is 5.91 Å². The van der Waals surface area contributed by atoms with Crippen LogP contribution in [0.3, 0.4) is 0 Å². The van der Waals surface area contributed by atoms with Crippen molar-refractivity contribution in [1.29, 1.82) is 0 Å². The third-order valence-corrected chi connectivity index (χ3v) is 2.08. The summed E-state index contributed by atoms with van der Waals surface area (Å²) in [6, 6.07) is 5.71. The van der Waals surface area contributed by atoms with Crippen molar-refractivity contribution in [2.24, 2.45) is 0 Å². The van der Waals surface area contributed by atoms with Crippen molar-refractivity contribution in [3.8, 4) is 0 Å². The van der Waals surface area contributed by atoms with Crippen LogP contribution in [0.5, 0.6) is 0 Å². The Balaban J connectivity index is 2.19. The van der Waals surface area contributed by atoms with E-state index in [1.54, 1.807) is 7.11 Å². The van der Waals surface area contributed by atoms with Crippen molar-refractivity contribution in [1.82, 2.24) is 10.3 Å². The lowest BCUT2D eigenvalue weighted by Gasteiger charge is -2.06. The highest BCUT2D eigenvalue weighted by atomic mass is 16.5. The summed E-state index contributed by atoms with van der Waals surface area (Å²) in [5, 5.41) is 2.74. The summed E-state index contributed by atoms with van der Waals surface area (Å²) in [4.78, 5) is 15.6. The van der Waals surface area contributed by atoms with Crippen molar-refractivity contribution in [3.05, 3.63) is 29.6 Å². The Morgan fingerprint density at radius 1 is 1.41 bits per heavy atom. The van der Waals surface area contributed by atoms with Crippen LogP contribution < -0.4 is 5.32 Å². The van der Waals surface area contributed by atoms with Gasteiger partial charge in [0.25, 0.3) is 0 Å². The molecule has 0 aliphatic heterocycles. The third kappa shape index (κ3) is 5.99. The SMILES string of the molecule is COCCOCC(=O)NCc1cccc(C)n1. The molecule has 0 atom stereocenters. The van der Waals surface area contributed by atoms with Gasteiger partial charge in [-0.3, -0.25) is 9.78 Å². The molecule has 1 rings (SSSR count). The van der Waals surface area contributed by atoms with E-state index in [1.807, 2.05) is 25.1 Å². The molecular formula is C12H18N2O3. The minimum absolute atomic E-state index is 0.0508. The number of carbonyl (C=O) groups excluding carboxylic acids is 1. The highest BCUT2D eigenvalue weighted by Gasteiger charge is 2.01. The lowest BCUT2D eigenvalue weighted by Crippen LogP contribution is -2.28. The summed E-state index contributed by atoms with van der Waals surface area (Å²) < 4.78 is 9.89. The Bertz CT molecular complexity index is 355. The molecule has 0 saturated heterocycles. The zero-order valence-corrected chi connectivity index (χ0v) is 10.2. The molecule has 94 valence electrons. The van der Waals surface area contributed by atoms with Gasteiger partial charge >= 0.3 is 0 Å². The first-order valence-electron chi connectivity index (χ1n) is 5.48. The molecule has 0 unspecified atom stereocenters. The molecule has 17 heavy (non-hydrogen) atoms. The third-order valence-electron chi connectivity index (χ3n) is 2.08. The average molecular weight is 238 g/mol. The van der Waals surface area contributed by atoms with E-state index in [4.69, 9.17) is 9.47 Å². The lowest BCUT2D eigenvalue weighted by molar-refractivity contribution is -0.126. The highest BCUT2D eigenvalue weighted by molar-refractivity contribution is 5.77. The van der Waals surface area contributed by atoms with E-state index >= 15 is 0 Å². The van der Waals surface area contributed by atoms with Crippen LogP contribution in [0.1, 0.15) is 11.4 Å². The number of hydrogen-bond donors (Lipinski definition) is 1. The molecule has 1 heterocycles. The number of pyridine rings is 1.